The van der Waals surface area contributed by atoms with Crippen LogP contribution in [0.2, 0.25) is 0 Å². The van der Waals surface area contributed by atoms with E-state index in [1.165, 1.54) is 18.6 Å². The van der Waals surface area contributed by atoms with E-state index in [2.05, 4.69) is 23.8 Å². The standard InChI is InChI=1S/C17H20F3N3.HI/c1-13-4-3-11-23(12-13)16(21)22-10-2-5-14-6-8-15(9-7-14)17(18,19)20;/h6-9,13H,3-4,10-12H2,1H3,(H2,21,22);1H. The van der Waals surface area contributed by atoms with E-state index in [1.807, 2.05) is 4.90 Å². The third-order valence-corrected chi connectivity index (χ3v) is 3.75. The molecule has 0 amide bonds. The maximum Gasteiger partial charge on any atom is 0.416 e. The second-order valence-electron chi connectivity index (χ2n) is 5.74. The molecule has 0 saturated carbocycles. The molecule has 2 N–H and O–H groups in total. The molecule has 1 atom stereocenters. The summed E-state index contributed by atoms with van der Waals surface area (Å²) in [5, 5.41) is 0. The van der Waals surface area contributed by atoms with Crippen LogP contribution in [0.25, 0.3) is 0 Å². The quantitative estimate of drug-likeness (QED) is 0.306. The molecule has 1 aliphatic rings. The Morgan fingerprint density at radius 3 is 2.58 bits per heavy atom. The number of halogens is 4. The molecule has 1 aliphatic heterocycles. The highest BCUT2D eigenvalue weighted by molar-refractivity contribution is 14.0. The summed E-state index contributed by atoms with van der Waals surface area (Å²) in [7, 11) is 0. The van der Waals surface area contributed by atoms with Crippen molar-refractivity contribution >= 4 is 29.9 Å². The first-order valence-corrected chi connectivity index (χ1v) is 7.57. The number of rotatable bonds is 1. The summed E-state index contributed by atoms with van der Waals surface area (Å²) in [5.41, 5.74) is 5.79. The van der Waals surface area contributed by atoms with Crippen LogP contribution in [0.1, 0.15) is 30.9 Å². The zero-order valence-electron chi connectivity index (χ0n) is 13.4. The number of hydrogen-bond donors (Lipinski definition) is 1. The number of aliphatic imine (C=N–C) groups is 1. The molecule has 0 aliphatic carbocycles. The number of guanidine groups is 1. The van der Waals surface area contributed by atoms with Crippen LogP contribution >= 0.6 is 24.0 Å². The number of nitrogens with zero attached hydrogens (tertiary/aromatic N) is 2. The van der Waals surface area contributed by atoms with Crippen molar-refractivity contribution in [2.75, 3.05) is 19.6 Å². The molecule has 24 heavy (non-hydrogen) atoms. The Hall–Kier alpha value is -1.43. The summed E-state index contributed by atoms with van der Waals surface area (Å²) in [5.74, 6) is 6.70. The molecule has 0 bridgehead atoms. The first-order valence-electron chi connectivity index (χ1n) is 7.57. The Labute approximate surface area is 157 Å². The molecule has 2 rings (SSSR count). The fourth-order valence-electron chi connectivity index (χ4n) is 2.50. The number of alkyl halides is 3. The van der Waals surface area contributed by atoms with E-state index in [4.69, 9.17) is 5.73 Å². The van der Waals surface area contributed by atoms with E-state index in [0.717, 1.165) is 31.6 Å². The van der Waals surface area contributed by atoms with E-state index in [1.54, 1.807) is 0 Å². The highest BCUT2D eigenvalue weighted by Gasteiger charge is 2.29. The van der Waals surface area contributed by atoms with Gasteiger partial charge in [0.1, 0.15) is 6.54 Å². The number of benzene rings is 1. The molecule has 1 heterocycles. The van der Waals surface area contributed by atoms with Gasteiger partial charge in [-0.2, -0.15) is 13.2 Å². The van der Waals surface area contributed by atoms with Crippen LogP contribution in [0.5, 0.6) is 0 Å². The fourth-order valence-corrected chi connectivity index (χ4v) is 2.50. The average Bonchev–Trinajstić information content (AvgIpc) is 2.51. The van der Waals surface area contributed by atoms with Crippen LogP contribution in [-0.2, 0) is 6.18 Å². The van der Waals surface area contributed by atoms with Gasteiger partial charge in [0.25, 0.3) is 0 Å². The van der Waals surface area contributed by atoms with Crippen molar-refractivity contribution in [2.24, 2.45) is 16.6 Å². The highest BCUT2D eigenvalue weighted by atomic mass is 127. The Morgan fingerprint density at radius 2 is 2.00 bits per heavy atom. The fraction of sp³-hybridized carbons (Fsp3) is 0.471. The van der Waals surface area contributed by atoms with Gasteiger partial charge >= 0.3 is 6.18 Å². The molecule has 0 spiro atoms. The predicted octanol–water partition coefficient (Wildman–Crippen LogP) is 3.72. The lowest BCUT2D eigenvalue weighted by atomic mass is 10.0. The molecule has 0 aromatic heterocycles. The number of nitrogens with two attached hydrogens (primary N) is 1. The molecule has 1 unspecified atom stereocenters. The Balaban J connectivity index is 0.00000288. The zero-order valence-corrected chi connectivity index (χ0v) is 15.8. The van der Waals surface area contributed by atoms with Crippen molar-refractivity contribution < 1.29 is 13.2 Å². The molecule has 1 saturated heterocycles. The molecule has 0 radical (unpaired) electrons. The van der Waals surface area contributed by atoms with Crippen LogP contribution in [0.4, 0.5) is 13.2 Å². The summed E-state index contributed by atoms with van der Waals surface area (Å²) in [4.78, 5) is 6.27. The monoisotopic (exact) mass is 451 g/mol. The minimum Gasteiger partial charge on any atom is -0.370 e. The van der Waals surface area contributed by atoms with Crippen molar-refractivity contribution in [1.29, 1.82) is 0 Å². The van der Waals surface area contributed by atoms with Crippen molar-refractivity contribution in [3.8, 4) is 11.8 Å². The lowest BCUT2D eigenvalue weighted by Gasteiger charge is -2.31. The minimum atomic E-state index is -4.32. The normalized spacial score (nSPS) is 18.4. The van der Waals surface area contributed by atoms with Crippen LogP contribution in [0.15, 0.2) is 29.3 Å². The molecular formula is C17H21F3IN3. The molecule has 1 aromatic rings. The third-order valence-electron chi connectivity index (χ3n) is 3.75. The Bertz CT molecular complexity index is 615. The first kappa shape index (κ1) is 20.6. The van der Waals surface area contributed by atoms with Gasteiger partial charge in [0.2, 0.25) is 0 Å². The number of likely N-dealkylation sites (tertiary alicyclic amines) is 1. The maximum absolute atomic E-state index is 12.4. The summed E-state index contributed by atoms with van der Waals surface area (Å²) in [6.45, 7) is 4.23. The van der Waals surface area contributed by atoms with E-state index < -0.39 is 11.7 Å². The van der Waals surface area contributed by atoms with E-state index in [-0.39, 0.29) is 30.5 Å². The van der Waals surface area contributed by atoms with Gasteiger partial charge in [0.05, 0.1) is 5.56 Å². The molecular weight excluding hydrogens is 430 g/mol. The van der Waals surface area contributed by atoms with Gasteiger partial charge in [-0.25, -0.2) is 4.99 Å². The van der Waals surface area contributed by atoms with Gasteiger partial charge in [-0.1, -0.05) is 18.8 Å². The summed E-state index contributed by atoms with van der Waals surface area (Å²) < 4.78 is 37.3. The summed E-state index contributed by atoms with van der Waals surface area (Å²) in [6, 6.07) is 4.76. The second-order valence-corrected chi connectivity index (χ2v) is 5.74. The number of hydrogen-bond acceptors (Lipinski definition) is 1. The van der Waals surface area contributed by atoms with Gasteiger partial charge in [-0.15, -0.1) is 24.0 Å². The first-order chi connectivity index (χ1) is 10.9. The number of piperidine rings is 1. The van der Waals surface area contributed by atoms with Crippen LogP contribution < -0.4 is 5.73 Å². The zero-order chi connectivity index (χ0) is 16.9. The van der Waals surface area contributed by atoms with Gasteiger partial charge in [-0.3, -0.25) is 0 Å². The topological polar surface area (TPSA) is 41.6 Å². The van der Waals surface area contributed by atoms with E-state index >= 15 is 0 Å². The molecule has 132 valence electrons. The van der Waals surface area contributed by atoms with Crippen molar-refractivity contribution in [3.05, 3.63) is 35.4 Å². The Morgan fingerprint density at radius 1 is 1.33 bits per heavy atom. The maximum atomic E-state index is 12.4. The van der Waals surface area contributed by atoms with E-state index in [0.29, 0.717) is 17.4 Å². The summed E-state index contributed by atoms with van der Waals surface area (Å²) in [6.07, 6.45) is -2.01. The van der Waals surface area contributed by atoms with E-state index in [9.17, 15) is 13.2 Å². The molecule has 1 aromatic carbocycles. The average molecular weight is 451 g/mol. The van der Waals surface area contributed by atoms with Crippen molar-refractivity contribution in [1.82, 2.24) is 4.90 Å². The SMILES string of the molecule is CC1CCCN(C(N)=NCC#Cc2ccc(C(F)(F)F)cc2)C1.I. The van der Waals surface area contributed by atoms with Gasteiger partial charge < -0.3 is 10.6 Å². The predicted molar refractivity (Wildman–Crippen MR) is 100 cm³/mol. The van der Waals surface area contributed by atoms with Crippen molar-refractivity contribution in [3.63, 3.8) is 0 Å². The van der Waals surface area contributed by atoms with Crippen molar-refractivity contribution in [2.45, 2.75) is 25.9 Å². The second kappa shape index (κ2) is 9.16. The summed E-state index contributed by atoms with van der Waals surface area (Å²) >= 11 is 0. The lowest BCUT2D eigenvalue weighted by molar-refractivity contribution is -0.137. The third kappa shape index (κ3) is 6.23. The van der Waals surface area contributed by atoms with Crippen LogP contribution in [0, 0.1) is 17.8 Å². The molecule has 3 nitrogen and oxygen atoms in total. The smallest absolute Gasteiger partial charge is 0.370 e. The van der Waals surface area contributed by atoms with Gasteiger partial charge in [0.15, 0.2) is 5.96 Å². The largest absolute Gasteiger partial charge is 0.416 e. The lowest BCUT2D eigenvalue weighted by Crippen LogP contribution is -2.43. The van der Waals surface area contributed by atoms with Crippen LogP contribution in [0.3, 0.4) is 0 Å². The van der Waals surface area contributed by atoms with Gasteiger partial charge in [0, 0.05) is 18.7 Å². The Kier molecular flexibility index (Phi) is 7.87. The van der Waals surface area contributed by atoms with Crippen LogP contribution in [-0.4, -0.2) is 30.5 Å². The molecule has 1 fully saturated rings. The highest BCUT2D eigenvalue weighted by Crippen LogP contribution is 2.28. The minimum absolute atomic E-state index is 0. The molecule has 7 heteroatoms. The van der Waals surface area contributed by atoms with Gasteiger partial charge in [-0.05, 0) is 43.0 Å².